The molecule has 0 spiro atoms. The highest BCUT2D eigenvalue weighted by atomic mass is 16.5. The first-order chi connectivity index (χ1) is 14.1. The molecule has 0 saturated heterocycles. The van der Waals surface area contributed by atoms with E-state index in [4.69, 9.17) is 4.74 Å². The first-order valence-electron chi connectivity index (χ1n) is 9.49. The summed E-state index contributed by atoms with van der Waals surface area (Å²) in [4.78, 5) is 18.4. The first-order valence-corrected chi connectivity index (χ1v) is 9.49. The van der Waals surface area contributed by atoms with Crippen LogP contribution < -0.4 is 10.1 Å². The van der Waals surface area contributed by atoms with E-state index in [1.54, 1.807) is 24.5 Å². The third kappa shape index (κ3) is 6.71. The van der Waals surface area contributed by atoms with Gasteiger partial charge >= 0.3 is 0 Å². The molecule has 0 aliphatic rings. The molecule has 0 aliphatic heterocycles. The van der Waals surface area contributed by atoms with Crippen LogP contribution in [0.25, 0.3) is 0 Å². The smallest absolute Gasteiger partial charge is 0.238 e. The van der Waals surface area contributed by atoms with Crippen LogP contribution in [0.1, 0.15) is 11.1 Å². The van der Waals surface area contributed by atoms with Gasteiger partial charge in [-0.25, -0.2) is 0 Å². The zero-order chi connectivity index (χ0) is 20.5. The standard InChI is InChI=1S/C23H25N3O3/c1-18-4-8-21(9-5-18)29-22-10-6-20(7-11-22)25-23(28)17-26(13-14-27)16-19-3-2-12-24-15-19/h2-12,15,27H,13-14,16-17H2,1H3,(H,25,28). The zero-order valence-electron chi connectivity index (χ0n) is 16.4. The lowest BCUT2D eigenvalue weighted by atomic mass is 10.2. The molecule has 2 aromatic carbocycles. The lowest BCUT2D eigenvalue weighted by molar-refractivity contribution is -0.117. The minimum atomic E-state index is -0.144. The summed E-state index contributed by atoms with van der Waals surface area (Å²) in [6.45, 7) is 3.14. The van der Waals surface area contributed by atoms with Gasteiger partial charge in [0.15, 0.2) is 0 Å². The Labute approximate surface area is 170 Å². The number of rotatable bonds is 9. The molecule has 3 aromatic rings. The molecule has 6 nitrogen and oxygen atoms in total. The van der Waals surface area contributed by atoms with Gasteiger partial charge in [0.05, 0.1) is 13.2 Å². The van der Waals surface area contributed by atoms with Crippen molar-refractivity contribution in [3.63, 3.8) is 0 Å². The normalized spacial score (nSPS) is 10.7. The first kappa shape index (κ1) is 20.5. The van der Waals surface area contributed by atoms with Crippen molar-refractivity contribution in [3.8, 4) is 11.5 Å². The largest absolute Gasteiger partial charge is 0.457 e. The van der Waals surface area contributed by atoms with E-state index in [1.807, 2.05) is 60.4 Å². The zero-order valence-corrected chi connectivity index (χ0v) is 16.4. The molecule has 0 unspecified atom stereocenters. The molecule has 0 bridgehead atoms. The Morgan fingerprint density at radius 2 is 1.76 bits per heavy atom. The Hall–Kier alpha value is -3.22. The average Bonchev–Trinajstić information content (AvgIpc) is 2.72. The number of aromatic nitrogens is 1. The quantitative estimate of drug-likeness (QED) is 0.583. The number of carbonyl (C=O) groups is 1. The van der Waals surface area contributed by atoms with Gasteiger partial charge in [-0.1, -0.05) is 23.8 Å². The van der Waals surface area contributed by atoms with Crippen molar-refractivity contribution in [3.05, 3.63) is 84.2 Å². The van der Waals surface area contributed by atoms with Crippen LogP contribution >= 0.6 is 0 Å². The molecule has 3 rings (SSSR count). The number of aliphatic hydroxyl groups excluding tert-OH is 1. The Kier molecular flexibility index (Phi) is 7.33. The molecule has 29 heavy (non-hydrogen) atoms. The fraction of sp³-hybridized carbons (Fsp3) is 0.217. The number of carbonyl (C=O) groups excluding carboxylic acids is 1. The molecule has 150 valence electrons. The molecule has 1 amide bonds. The van der Waals surface area contributed by atoms with Gasteiger partial charge in [0.25, 0.3) is 0 Å². The van der Waals surface area contributed by atoms with Gasteiger partial charge in [0, 0.05) is 31.2 Å². The molecule has 1 aromatic heterocycles. The Morgan fingerprint density at radius 1 is 1.07 bits per heavy atom. The average molecular weight is 391 g/mol. The maximum absolute atomic E-state index is 12.4. The molecule has 0 aliphatic carbocycles. The number of nitrogens with zero attached hydrogens (tertiary/aromatic N) is 2. The fourth-order valence-electron chi connectivity index (χ4n) is 2.86. The van der Waals surface area contributed by atoms with Crippen molar-refractivity contribution in [1.82, 2.24) is 9.88 Å². The van der Waals surface area contributed by atoms with Gasteiger partial charge < -0.3 is 15.2 Å². The SMILES string of the molecule is Cc1ccc(Oc2ccc(NC(=O)CN(CCO)Cc3cccnc3)cc2)cc1. The monoisotopic (exact) mass is 391 g/mol. The topological polar surface area (TPSA) is 74.7 Å². The van der Waals surface area contributed by atoms with Crippen LogP contribution in [-0.2, 0) is 11.3 Å². The number of ether oxygens (including phenoxy) is 1. The van der Waals surface area contributed by atoms with E-state index in [2.05, 4.69) is 10.3 Å². The summed E-state index contributed by atoms with van der Waals surface area (Å²) in [7, 11) is 0. The van der Waals surface area contributed by atoms with Crippen LogP contribution in [-0.4, -0.2) is 40.6 Å². The van der Waals surface area contributed by atoms with E-state index < -0.39 is 0 Å². The van der Waals surface area contributed by atoms with Gasteiger partial charge in [-0.05, 0) is 55.0 Å². The number of aliphatic hydroxyl groups is 1. The highest BCUT2D eigenvalue weighted by molar-refractivity contribution is 5.92. The predicted octanol–water partition coefficient (Wildman–Crippen LogP) is 3.62. The van der Waals surface area contributed by atoms with Crippen LogP contribution in [0.15, 0.2) is 73.1 Å². The summed E-state index contributed by atoms with van der Waals surface area (Å²) in [6.07, 6.45) is 3.47. The molecule has 2 N–H and O–H groups in total. The van der Waals surface area contributed by atoms with Gasteiger partial charge in [-0.2, -0.15) is 0 Å². The van der Waals surface area contributed by atoms with Crippen molar-refractivity contribution < 1.29 is 14.6 Å². The van der Waals surface area contributed by atoms with E-state index in [1.165, 1.54) is 5.56 Å². The third-order valence-electron chi connectivity index (χ3n) is 4.31. The summed E-state index contributed by atoms with van der Waals surface area (Å²) < 4.78 is 5.80. The summed E-state index contributed by atoms with van der Waals surface area (Å²) in [6, 6.07) is 18.9. The highest BCUT2D eigenvalue weighted by Gasteiger charge is 2.11. The van der Waals surface area contributed by atoms with E-state index in [0.717, 1.165) is 11.3 Å². The minimum absolute atomic E-state index is 0.0153. The lowest BCUT2D eigenvalue weighted by Gasteiger charge is -2.20. The maximum atomic E-state index is 12.4. The molecule has 6 heteroatoms. The lowest BCUT2D eigenvalue weighted by Crippen LogP contribution is -2.34. The van der Waals surface area contributed by atoms with E-state index in [9.17, 15) is 9.90 Å². The number of nitrogens with one attached hydrogen (secondary N) is 1. The van der Waals surface area contributed by atoms with E-state index in [-0.39, 0.29) is 19.1 Å². The van der Waals surface area contributed by atoms with Crippen LogP contribution in [0.4, 0.5) is 5.69 Å². The molecule has 0 atom stereocenters. The van der Waals surface area contributed by atoms with Crippen LogP contribution in [0, 0.1) is 6.92 Å². The summed E-state index contributed by atoms with van der Waals surface area (Å²) >= 11 is 0. The molecule has 0 fully saturated rings. The van der Waals surface area contributed by atoms with Gasteiger partial charge in [0.2, 0.25) is 5.91 Å². The number of hydrogen-bond acceptors (Lipinski definition) is 5. The van der Waals surface area contributed by atoms with Crippen molar-refractivity contribution in [1.29, 1.82) is 0 Å². The van der Waals surface area contributed by atoms with E-state index >= 15 is 0 Å². The number of hydrogen-bond donors (Lipinski definition) is 2. The second-order valence-electron chi connectivity index (χ2n) is 6.78. The fourth-order valence-corrected chi connectivity index (χ4v) is 2.86. The number of aryl methyl sites for hydroxylation is 1. The maximum Gasteiger partial charge on any atom is 0.238 e. The second-order valence-corrected chi connectivity index (χ2v) is 6.78. The molecule has 1 heterocycles. The minimum Gasteiger partial charge on any atom is -0.457 e. The molecular formula is C23H25N3O3. The van der Waals surface area contributed by atoms with Crippen molar-refractivity contribution >= 4 is 11.6 Å². The predicted molar refractivity (Wildman–Crippen MR) is 113 cm³/mol. The summed E-state index contributed by atoms with van der Waals surface area (Å²) in [5, 5.41) is 12.2. The third-order valence-corrected chi connectivity index (χ3v) is 4.31. The van der Waals surface area contributed by atoms with Crippen LogP contribution in [0.2, 0.25) is 0 Å². The van der Waals surface area contributed by atoms with Crippen molar-refractivity contribution in [2.45, 2.75) is 13.5 Å². The Morgan fingerprint density at radius 3 is 2.38 bits per heavy atom. The summed E-state index contributed by atoms with van der Waals surface area (Å²) in [5.41, 5.74) is 2.86. The van der Waals surface area contributed by atoms with Gasteiger partial charge in [-0.15, -0.1) is 0 Å². The molecule has 0 radical (unpaired) electrons. The number of anilines is 1. The highest BCUT2D eigenvalue weighted by Crippen LogP contribution is 2.23. The number of amides is 1. The summed E-state index contributed by atoms with van der Waals surface area (Å²) in [5.74, 6) is 1.32. The second kappa shape index (κ2) is 10.4. The van der Waals surface area contributed by atoms with Crippen molar-refractivity contribution in [2.24, 2.45) is 0 Å². The number of benzene rings is 2. The van der Waals surface area contributed by atoms with Crippen LogP contribution in [0.3, 0.4) is 0 Å². The number of pyridine rings is 1. The Bertz CT molecular complexity index is 897. The Balaban J connectivity index is 1.54. The van der Waals surface area contributed by atoms with Gasteiger partial charge in [-0.3, -0.25) is 14.7 Å². The van der Waals surface area contributed by atoms with Crippen molar-refractivity contribution in [2.75, 3.05) is 25.0 Å². The van der Waals surface area contributed by atoms with E-state index in [0.29, 0.717) is 24.5 Å². The van der Waals surface area contributed by atoms with Gasteiger partial charge in [0.1, 0.15) is 11.5 Å². The molecule has 0 saturated carbocycles. The molecular weight excluding hydrogens is 366 g/mol. The van der Waals surface area contributed by atoms with Crippen LogP contribution in [0.5, 0.6) is 11.5 Å².